The lowest BCUT2D eigenvalue weighted by Gasteiger charge is -2.40. The number of rotatable bonds is 13. The van der Waals surface area contributed by atoms with Crippen LogP contribution >= 0.6 is 23.4 Å². The molecule has 1 aromatic rings. The smallest absolute Gasteiger partial charge is 0.311 e. The van der Waals surface area contributed by atoms with Gasteiger partial charge in [0.1, 0.15) is 6.04 Å². The number of para-hydroxylation sites is 1. The third-order valence-electron chi connectivity index (χ3n) is 8.78. The molecule has 2 bridgehead atoms. The molecule has 3 aliphatic rings. The van der Waals surface area contributed by atoms with Crippen LogP contribution in [-0.4, -0.2) is 69.1 Å². The molecule has 218 valence electrons. The van der Waals surface area contributed by atoms with Crippen LogP contribution in [0.5, 0.6) is 0 Å². The zero-order valence-corrected chi connectivity index (χ0v) is 25.3. The number of halogens is 1. The van der Waals surface area contributed by atoms with Crippen molar-refractivity contribution in [2.24, 2.45) is 17.8 Å². The van der Waals surface area contributed by atoms with Crippen molar-refractivity contribution in [2.75, 3.05) is 24.7 Å². The molecule has 1 spiro atoms. The van der Waals surface area contributed by atoms with Gasteiger partial charge in [-0.2, -0.15) is 0 Å². The highest BCUT2D eigenvalue weighted by atomic mass is 35.5. The number of thioether (sulfide) groups is 1. The molecule has 0 saturated carbocycles. The van der Waals surface area contributed by atoms with Crippen molar-refractivity contribution < 1.29 is 24.2 Å². The van der Waals surface area contributed by atoms with Crippen LogP contribution in [0.3, 0.4) is 0 Å². The third kappa shape index (κ3) is 5.12. The first-order chi connectivity index (χ1) is 19.1. The minimum Gasteiger partial charge on any atom is -0.465 e. The molecule has 2 unspecified atom stereocenters. The van der Waals surface area contributed by atoms with Crippen LogP contribution in [0.2, 0.25) is 5.02 Å². The summed E-state index contributed by atoms with van der Waals surface area (Å²) in [6, 6.07) is 5.65. The topological polar surface area (TPSA) is 87.1 Å². The van der Waals surface area contributed by atoms with Crippen molar-refractivity contribution >= 4 is 46.8 Å². The summed E-state index contributed by atoms with van der Waals surface area (Å²) in [4.78, 5) is 45.9. The van der Waals surface area contributed by atoms with E-state index in [0.717, 1.165) is 19.3 Å². The summed E-state index contributed by atoms with van der Waals surface area (Å²) >= 11 is 8.13. The monoisotopic (exact) mass is 588 g/mol. The zero-order chi connectivity index (χ0) is 29.2. The molecule has 1 aromatic carbocycles. The normalized spacial score (nSPS) is 29.4. The fourth-order valence-corrected chi connectivity index (χ4v) is 9.45. The first-order valence-corrected chi connectivity index (χ1v) is 15.3. The Morgan fingerprint density at radius 3 is 2.60 bits per heavy atom. The van der Waals surface area contributed by atoms with Crippen molar-refractivity contribution in [3.05, 3.63) is 54.6 Å². The number of fused-ring (bicyclic) bond motifs is 1. The Kier molecular flexibility index (Phi) is 9.42. The number of nitrogens with zero attached hydrogens (tertiary/aromatic N) is 2. The van der Waals surface area contributed by atoms with Gasteiger partial charge in [-0.1, -0.05) is 49.7 Å². The summed E-state index contributed by atoms with van der Waals surface area (Å²) in [5, 5.41) is 10.9. The van der Waals surface area contributed by atoms with Crippen LogP contribution in [0.4, 0.5) is 5.69 Å². The minimum atomic E-state index is -0.877. The van der Waals surface area contributed by atoms with Crippen LogP contribution < -0.4 is 4.90 Å². The highest BCUT2D eigenvalue weighted by Crippen LogP contribution is 2.72. The number of amides is 2. The highest BCUT2D eigenvalue weighted by Gasteiger charge is 2.78. The molecular weight excluding hydrogens is 548 g/mol. The number of hydrogen-bond donors (Lipinski definition) is 1. The van der Waals surface area contributed by atoms with E-state index < -0.39 is 33.4 Å². The Bertz CT molecular complexity index is 1160. The van der Waals surface area contributed by atoms with Gasteiger partial charge in [-0.25, -0.2) is 0 Å². The average Bonchev–Trinajstić information content (AvgIpc) is 3.48. The van der Waals surface area contributed by atoms with E-state index in [9.17, 15) is 19.5 Å². The summed E-state index contributed by atoms with van der Waals surface area (Å²) in [5.74, 6) is -2.40. The Labute approximate surface area is 246 Å². The molecule has 3 aliphatic heterocycles. The van der Waals surface area contributed by atoms with E-state index >= 15 is 0 Å². The van der Waals surface area contributed by atoms with E-state index in [2.05, 4.69) is 13.2 Å². The number of likely N-dealkylation sites (tertiary alicyclic amines) is 1. The summed E-state index contributed by atoms with van der Waals surface area (Å²) < 4.78 is 4.40. The van der Waals surface area contributed by atoms with Gasteiger partial charge >= 0.3 is 5.97 Å². The van der Waals surface area contributed by atoms with E-state index in [1.165, 1.54) is 0 Å². The summed E-state index contributed by atoms with van der Waals surface area (Å²) in [6.07, 6.45) is 7.22. The number of aliphatic hydroxyl groups excluding tert-OH is 1. The van der Waals surface area contributed by atoms with Crippen molar-refractivity contribution in [3.8, 4) is 0 Å². The zero-order valence-electron chi connectivity index (χ0n) is 23.7. The lowest BCUT2D eigenvalue weighted by Crippen LogP contribution is -2.58. The van der Waals surface area contributed by atoms with Gasteiger partial charge in [0.2, 0.25) is 5.91 Å². The molecule has 7 nitrogen and oxygen atoms in total. The summed E-state index contributed by atoms with van der Waals surface area (Å²) in [7, 11) is 0. The van der Waals surface area contributed by atoms with Crippen LogP contribution in [0, 0.1) is 17.8 Å². The molecule has 2 amide bonds. The fourth-order valence-electron chi connectivity index (χ4n) is 6.89. The van der Waals surface area contributed by atoms with Gasteiger partial charge in [-0.05, 0) is 57.1 Å². The van der Waals surface area contributed by atoms with Crippen molar-refractivity contribution in [1.29, 1.82) is 0 Å². The van der Waals surface area contributed by atoms with E-state index in [4.69, 9.17) is 16.3 Å². The second-order valence-corrected chi connectivity index (χ2v) is 13.9. The molecule has 6 atom stereocenters. The Morgan fingerprint density at radius 2 is 1.98 bits per heavy atom. The Balaban J connectivity index is 1.77. The average molecular weight is 589 g/mol. The summed E-state index contributed by atoms with van der Waals surface area (Å²) in [6.45, 7) is 13.7. The summed E-state index contributed by atoms with van der Waals surface area (Å²) in [5.41, 5.74) is 0.533. The van der Waals surface area contributed by atoms with Crippen LogP contribution in [0.25, 0.3) is 0 Å². The van der Waals surface area contributed by atoms with Gasteiger partial charge in [0.05, 0.1) is 46.5 Å². The molecule has 4 rings (SSSR count). The molecule has 0 aromatic heterocycles. The number of esters is 1. The third-order valence-corrected chi connectivity index (χ3v) is 11.1. The molecule has 3 saturated heterocycles. The molecule has 3 heterocycles. The lowest BCUT2D eigenvalue weighted by molar-refractivity contribution is -0.156. The first kappa shape index (κ1) is 30.7. The van der Waals surface area contributed by atoms with Gasteiger partial charge in [0, 0.05) is 11.3 Å². The molecule has 0 radical (unpaired) electrons. The van der Waals surface area contributed by atoms with E-state index in [1.807, 2.05) is 32.9 Å². The number of aliphatic hydroxyl groups is 1. The molecule has 9 heteroatoms. The van der Waals surface area contributed by atoms with Crippen LogP contribution in [0.15, 0.2) is 49.6 Å². The number of carbonyl (C=O) groups excluding carboxylic acids is 3. The Morgan fingerprint density at radius 1 is 1.25 bits per heavy atom. The fraction of sp³-hybridized carbons (Fsp3) is 0.581. The first-order valence-electron chi connectivity index (χ1n) is 14.2. The molecular formula is C31H41ClN2O5S. The molecule has 40 heavy (non-hydrogen) atoms. The number of carbonyl (C=O) groups is 3. The largest absolute Gasteiger partial charge is 0.465 e. The molecule has 1 N–H and O–H groups in total. The number of allylic oxidation sites excluding steroid dienone is 1. The number of ether oxygens (including phenoxy) is 1. The molecule has 0 aliphatic carbocycles. The predicted octanol–water partition coefficient (Wildman–Crippen LogP) is 5.26. The maximum Gasteiger partial charge on any atom is 0.311 e. The van der Waals surface area contributed by atoms with Crippen LogP contribution in [-0.2, 0) is 19.1 Å². The number of benzene rings is 1. The standard InChI is InChI=1S/C31H41ClN2O5S/c1-6-8-9-12-18-39-29(38)25-24-27(36)34(23(19-35)20(3)4)26(31(24)16-15-30(25,5)40-31)28(37)33(17-7-2)22-14-11-10-13-21(22)32/h6-7,10-11,13-14,20,23-26,35H,1-2,8-9,12,15-19H2,3-5H3/t23-,24-,25-,26?,30+,31?/m0/s1. The number of anilines is 1. The van der Waals surface area contributed by atoms with Crippen molar-refractivity contribution in [3.63, 3.8) is 0 Å². The van der Waals surface area contributed by atoms with Gasteiger partial charge in [-0.15, -0.1) is 24.9 Å². The van der Waals surface area contributed by atoms with Gasteiger partial charge in [-0.3, -0.25) is 14.4 Å². The van der Waals surface area contributed by atoms with Crippen molar-refractivity contribution in [2.45, 2.75) is 74.5 Å². The lowest BCUT2D eigenvalue weighted by atomic mass is 9.66. The number of hydrogen-bond acceptors (Lipinski definition) is 6. The quantitative estimate of drug-likeness (QED) is 0.192. The van der Waals surface area contributed by atoms with E-state index in [-0.39, 0.29) is 43.5 Å². The van der Waals surface area contributed by atoms with E-state index in [0.29, 0.717) is 23.6 Å². The minimum absolute atomic E-state index is 0.110. The van der Waals surface area contributed by atoms with Crippen molar-refractivity contribution in [1.82, 2.24) is 4.90 Å². The SMILES string of the molecule is C=CCCCCOC(=O)[C@@H]1[C@H]2C(=O)N([C@@H](CO)C(C)C)C(C(=O)N(CC=C)c3ccccc3Cl)C23CC[C@@]1(C)S3. The van der Waals surface area contributed by atoms with Gasteiger partial charge in [0.15, 0.2) is 0 Å². The van der Waals surface area contributed by atoms with Gasteiger partial charge in [0.25, 0.3) is 5.91 Å². The Hall–Kier alpha value is -2.29. The van der Waals surface area contributed by atoms with Crippen LogP contribution in [0.1, 0.15) is 52.9 Å². The van der Waals surface area contributed by atoms with E-state index in [1.54, 1.807) is 45.8 Å². The molecule has 3 fully saturated rings. The second-order valence-electron chi connectivity index (χ2n) is 11.6. The second kappa shape index (κ2) is 12.3. The maximum atomic E-state index is 14.7. The highest BCUT2D eigenvalue weighted by molar-refractivity contribution is 8.02. The number of unbranched alkanes of at least 4 members (excludes halogenated alkanes) is 2. The predicted molar refractivity (Wildman–Crippen MR) is 160 cm³/mol. The maximum absolute atomic E-state index is 14.7. The van der Waals surface area contributed by atoms with Gasteiger partial charge < -0.3 is 19.6 Å².